The van der Waals surface area contributed by atoms with Crippen LogP contribution < -0.4 is 0 Å². The number of hydrogen-bond donors (Lipinski definition) is 1. The van der Waals surface area contributed by atoms with Crippen LogP contribution in [0, 0.1) is 11.7 Å². The fourth-order valence-electron chi connectivity index (χ4n) is 1.64. The van der Waals surface area contributed by atoms with Gasteiger partial charge in [0.1, 0.15) is 0 Å². The molecule has 0 saturated carbocycles. The van der Waals surface area contributed by atoms with Gasteiger partial charge in [-0.2, -0.15) is 5.10 Å². The second-order valence-electron chi connectivity index (χ2n) is 5.07. The summed E-state index contributed by atoms with van der Waals surface area (Å²) in [5, 5.41) is 8.16. The normalized spacial score (nSPS) is 12.1. The zero-order valence-electron chi connectivity index (χ0n) is 10.7. The van der Waals surface area contributed by atoms with Crippen molar-refractivity contribution >= 4 is 23.6 Å². The van der Waals surface area contributed by atoms with Crippen LogP contribution >= 0.6 is 23.6 Å². The van der Waals surface area contributed by atoms with Gasteiger partial charge in [-0.3, -0.25) is 5.10 Å². The number of aromatic nitrogens is 4. The monoisotopic (exact) mass is 268 g/mol. The van der Waals surface area contributed by atoms with E-state index in [0.717, 1.165) is 21.4 Å². The Kier molecular flexibility index (Phi) is 2.95. The minimum Gasteiger partial charge on any atom is -0.303 e. The first-order chi connectivity index (χ1) is 7.80. The highest BCUT2D eigenvalue weighted by atomic mass is 32.1. The predicted molar refractivity (Wildman–Crippen MR) is 72.9 cm³/mol. The molecule has 17 heavy (non-hydrogen) atoms. The van der Waals surface area contributed by atoms with Crippen LogP contribution in [0.3, 0.4) is 0 Å². The van der Waals surface area contributed by atoms with Gasteiger partial charge in [-0.05, 0) is 19.1 Å². The second kappa shape index (κ2) is 4.03. The third-order valence-electron chi connectivity index (χ3n) is 2.53. The van der Waals surface area contributed by atoms with Crippen molar-refractivity contribution in [2.75, 3.05) is 0 Å². The van der Waals surface area contributed by atoms with Gasteiger partial charge in [0, 0.05) is 12.5 Å². The Morgan fingerprint density at radius 1 is 1.35 bits per heavy atom. The zero-order chi connectivity index (χ0) is 12.8. The first-order valence-corrected chi connectivity index (χ1v) is 6.63. The molecule has 2 rings (SSSR count). The molecule has 92 valence electrons. The number of H-pyrrole nitrogens is 1. The van der Waals surface area contributed by atoms with Crippen molar-refractivity contribution in [3.8, 4) is 10.7 Å². The lowest BCUT2D eigenvalue weighted by Gasteiger charge is -2.17. The molecular weight excluding hydrogens is 252 g/mol. The Hall–Kier alpha value is -1.01. The predicted octanol–water partition coefficient (Wildman–Crippen LogP) is 3.21. The number of nitrogens with one attached hydrogen (secondary N) is 1. The Balaban J connectivity index is 2.68. The van der Waals surface area contributed by atoms with Crippen LogP contribution in [0.4, 0.5) is 0 Å². The summed E-state index contributed by atoms with van der Waals surface area (Å²) in [7, 11) is 1.92. The summed E-state index contributed by atoms with van der Waals surface area (Å²) in [5.41, 5.74) is 1.09. The molecule has 0 saturated heterocycles. The number of hydrogen-bond acceptors (Lipinski definition) is 4. The SMILES string of the molecule is Cc1nc(C(C)(C)C)c(-c2n[nH]c(=S)n2C)s1. The van der Waals surface area contributed by atoms with Crippen molar-refractivity contribution < 1.29 is 0 Å². The van der Waals surface area contributed by atoms with Gasteiger partial charge >= 0.3 is 0 Å². The van der Waals surface area contributed by atoms with E-state index >= 15 is 0 Å². The summed E-state index contributed by atoms with van der Waals surface area (Å²) < 4.78 is 2.52. The van der Waals surface area contributed by atoms with Crippen molar-refractivity contribution in [2.45, 2.75) is 33.1 Å². The topological polar surface area (TPSA) is 46.5 Å². The maximum absolute atomic E-state index is 5.15. The minimum absolute atomic E-state index is 0.00760. The largest absolute Gasteiger partial charge is 0.303 e. The number of thiazole rings is 1. The Bertz CT molecular complexity index is 598. The molecule has 2 aromatic rings. The third-order valence-corrected chi connectivity index (χ3v) is 3.86. The lowest BCUT2D eigenvalue weighted by Crippen LogP contribution is -2.13. The van der Waals surface area contributed by atoms with E-state index in [-0.39, 0.29) is 5.41 Å². The van der Waals surface area contributed by atoms with E-state index in [2.05, 4.69) is 36.0 Å². The van der Waals surface area contributed by atoms with Crippen LogP contribution in [0.2, 0.25) is 0 Å². The van der Waals surface area contributed by atoms with Crippen molar-refractivity contribution in [2.24, 2.45) is 7.05 Å². The smallest absolute Gasteiger partial charge is 0.195 e. The quantitative estimate of drug-likeness (QED) is 0.808. The van der Waals surface area contributed by atoms with Crippen molar-refractivity contribution in [3.05, 3.63) is 15.5 Å². The zero-order valence-corrected chi connectivity index (χ0v) is 12.3. The average Bonchev–Trinajstić information content (AvgIpc) is 2.72. The molecule has 6 heteroatoms. The molecule has 0 bridgehead atoms. The van der Waals surface area contributed by atoms with Crippen LogP contribution in [-0.2, 0) is 12.5 Å². The van der Waals surface area contributed by atoms with Gasteiger partial charge in [0.15, 0.2) is 10.6 Å². The lowest BCUT2D eigenvalue weighted by molar-refractivity contribution is 0.572. The molecule has 4 nitrogen and oxygen atoms in total. The summed E-state index contributed by atoms with van der Waals surface area (Å²) in [5.74, 6) is 0.866. The summed E-state index contributed by atoms with van der Waals surface area (Å²) in [4.78, 5) is 5.73. The summed E-state index contributed by atoms with van der Waals surface area (Å²) >= 11 is 6.81. The van der Waals surface area contributed by atoms with Gasteiger partial charge in [-0.1, -0.05) is 20.8 Å². The van der Waals surface area contributed by atoms with Gasteiger partial charge in [-0.25, -0.2) is 4.98 Å². The molecule has 0 aliphatic heterocycles. The lowest BCUT2D eigenvalue weighted by atomic mass is 9.91. The Morgan fingerprint density at radius 3 is 2.47 bits per heavy atom. The molecule has 1 N–H and O–H groups in total. The van der Waals surface area contributed by atoms with Gasteiger partial charge in [0.2, 0.25) is 0 Å². The first kappa shape index (κ1) is 12.4. The number of aromatic amines is 1. The van der Waals surface area contributed by atoms with Gasteiger partial charge in [0.25, 0.3) is 0 Å². The van der Waals surface area contributed by atoms with Gasteiger partial charge in [-0.15, -0.1) is 11.3 Å². The molecule has 2 heterocycles. The first-order valence-electron chi connectivity index (χ1n) is 5.40. The maximum Gasteiger partial charge on any atom is 0.195 e. The molecule has 2 aromatic heterocycles. The second-order valence-corrected chi connectivity index (χ2v) is 6.66. The highest BCUT2D eigenvalue weighted by molar-refractivity contribution is 7.71. The standard InChI is InChI=1S/C11H16N4S2/c1-6-12-8(11(2,3)4)7(17-6)9-13-14-10(16)15(9)5/h1-5H3,(H,14,16). The number of aryl methyl sites for hydroxylation is 1. The third kappa shape index (κ3) is 2.19. The maximum atomic E-state index is 5.15. The van der Waals surface area contributed by atoms with Crippen LogP contribution in [0.15, 0.2) is 0 Å². The van der Waals surface area contributed by atoms with Crippen molar-refractivity contribution in [3.63, 3.8) is 0 Å². The molecule has 0 fully saturated rings. The molecule has 0 atom stereocenters. The molecular formula is C11H16N4S2. The van der Waals surface area contributed by atoms with E-state index in [9.17, 15) is 0 Å². The van der Waals surface area contributed by atoms with E-state index < -0.39 is 0 Å². The van der Waals surface area contributed by atoms with E-state index in [1.807, 2.05) is 18.5 Å². The van der Waals surface area contributed by atoms with Crippen LogP contribution in [0.1, 0.15) is 31.5 Å². The minimum atomic E-state index is 0.00760. The van der Waals surface area contributed by atoms with Crippen LogP contribution in [-0.4, -0.2) is 19.7 Å². The van der Waals surface area contributed by atoms with E-state index in [1.165, 1.54) is 0 Å². The summed E-state index contributed by atoms with van der Waals surface area (Å²) in [6, 6.07) is 0. The molecule has 0 unspecified atom stereocenters. The molecule has 0 amide bonds. The fourth-order valence-corrected chi connectivity index (χ4v) is 2.92. The highest BCUT2D eigenvalue weighted by Gasteiger charge is 2.25. The molecule has 0 aliphatic rings. The summed E-state index contributed by atoms with van der Waals surface area (Å²) in [6.45, 7) is 8.50. The van der Waals surface area contributed by atoms with Crippen molar-refractivity contribution in [1.29, 1.82) is 0 Å². The van der Waals surface area contributed by atoms with Crippen LogP contribution in [0.25, 0.3) is 10.7 Å². The Morgan fingerprint density at radius 2 is 2.00 bits per heavy atom. The fraction of sp³-hybridized carbons (Fsp3) is 0.545. The number of rotatable bonds is 1. The highest BCUT2D eigenvalue weighted by Crippen LogP contribution is 2.35. The molecule has 0 aliphatic carbocycles. The Labute approximate surface area is 110 Å². The van der Waals surface area contributed by atoms with Gasteiger partial charge < -0.3 is 4.57 Å². The summed E-state index contributed by atoms with van der Waals surface area (Å²) in [6.07, 6.45) is 0. The molecule has 0 spiro atoms. The van der Waals surface area contributed by atoms with Crippen molar-refractivity contribution in [1.82, 2.24) is 19.7 Å². The van der Waals surface area contributed by atoms with Crippen LogP contribution in [0.5, 0.6) is 0 Å². The van der Waals surface area contributed by atoms with E-state index in [0.29, 0.717) is 4.77 Å². The average molecular weight is 268 g/mol. The van der Waals surface area contributed by atoms with Gasteiger partial charge in [0.05, 0.1) is 15.6 Å². The van der Waals surface area contributed by atoms with E-state index in [1.54, 1.807) is 11.3 Å². The number of nitrogens with zero attached hydrogens (tertiary/aromatic N) is 3. The molecule has 0 aromatic carbocycles. The van der Waals surface area contributed by atoms with E-state index in [4.69, 9.17) is 12.2 Å². The molecule has 0 radical (unpaired) electrons.